The lowest BCUT2D eigenvalue weighted by atomic mass is 10.1. The Morgan fingerprint density at radius 2 is 1.27 bits per heavy atom. The molecule has 2 aromatic rings. The third kappa shape index (κ3) is 8.05. The van der Waals surface area contributed by atoms with Crippen molar-refractivity contribution in [3.05, 3.63) is 60.7 Å². The van der Waals surface area contributed by atoms with Gasteiger partial charge in [-0.15, -0.1) is 0 Å². The number of ether oxygens (including phenoxy) is 1. The second kappa shape index (κ2) is 11.8. The number of hydrogen-bond donors (Lipinski definition) is 0. The van der Waals surface area contributed by atoms with Gasteiger partial charge in [0.1, 0.15) is 6.10 Å². The van der Waals surface area contributed by atoms with Crippen LogP contribution in [0, 0.1) is 0 Å². The first-order valence-electron chi connectivity index (χ1n) is 13.4. The SMILES string of the molecule is CC(C)(C)[Si](OC[C@@H](O[Si](C)(C)C)[C@H](C[C@H]1O[C@@H]1C=O)O[Si](C)(C)C)(c1ccccc1)c1ccccc1. The Morgan fingerprint density at radius 3 is 1.65 bits per heavy atom. The minimum absolute atomic E-state index is 0.112. The summed E-state index contributed by atoms with van der Waals surface area (Å²) in [5.41, 5.74) is 0. The molecule has 2 aromatic carbocycles. The summed E-state index contributed by atoms with van der Waals surface area (Å²) in [5.74, 6) is 0. The molecule has 1 fully saturated rings. The highest BCUT2D eigenvalue weighted by Gasteiger charge is 2.51. The second-order valence-electron chi connectivity index (χ2n) is 13.0. The molecular weight excluding hydrogens is 513 g/mol. The topological polar surface area (TPSA) is 57.3 Å². The van der Waals surface area contributed by atoms with Crippen LogP contribution in [0.4, 0.5) is 0 Å². The van der Waals surface area contributed by atoms with Gasteiger partial charge in [0.2, 0.25) is 0 Å². The summed E-state index contributed by atoms with van der Waals surface area (Å²) in [6, 6.07) is 21.4. The Labute approximate surface area is 227 Å². The molecule has 0 bridgehead atoms. The summed E-state index contributed by atoms with van der Waals surface area (Å²) in [4.78, 5) is 11.3. The molecule has 8 heteroatoms. The van der Waals surface area contributed by atoms with Gasteiger partial charge in [-0.25, -0.2) is 0 Å². The predicted molar refractivity (Wildman–Crippen MR) is 159 cm³/mol. The molecule has 1 aliphatic rings. The van der Waals surface area contributed by atoms with Gasteiger partial charge < -0.3 is 22.8 Å². The van der Waals surface area contributed by atoms with Crippen LogP contribution in [0.5, 0.6) is 0 Å². The first-order valence-corrected chi connectivity index (χ1v) is 22.1. The van der Waals surface area contributed by atoms with Crippen molar-refractivity contribution in [2.45, 2.75) is 95.9 Å². The number of carbonyl (C=O) groups excluding carboxylic acids is 1. The van der Waals surface area contributed by atoms with Crippen molar-refractivity contribution in [2.75, 3.05) is 6.61 Å². The van der Waals surface area contributed by atoms with E-state index in [1.807, 2.05) is 0 Å². The molecule has 4 atom stereocenters. The number of epoxide rings is 1. The van der Waals surface area contributed by atoms with Gasteiger partial charge in [0.25, 0.3) is 8.32 Å². The Morgan fingerprint density at radius 1 is 0.811 bits per heavy atom. The van der Waals surface area contributed by atoms with Crippen molar-refractivity contribution in [3.63, 3.8) is 0 Å². The fourth-order valence-corrected chi connectivity index (χ4v) is 11.9. The van der Waals surface area contributed by atoms with Gasteiger partial charge in [-0.1, -0.05) is 81.4 Å². The molecular formula is C29H46O5Si3. The van der Waals surface area contributed by atoms with Crippen LogP contribution in [-0.2, 0) is 22.8 Å². The number of benzene rings is 2. The lowest BCUT2D eigenvalue weighted by molar-refractivity contribution is -0.108. The summed E-state index contributed by atoms with van der Waals surface area (Å²) in [6.07, 6.45) is 0.622. The average molecular weight is 559 g/mol. The number of hydrogen-bond acceptors (Lipinski definition) is 5. The summed E-state index contributed by atoms with van der Waals surface area (Å²) in [6.45, 7) is 20.5. The van der Waals surface area contributed by atoms with Crippen LogP contribution in [-0.4, -0.2) is 62.3 Å². The van der Waals surface area contributed by atoms with Crippen LogP contribution in [0.15, 0.2) is 60.7 Å². The van der Waals surface area contributed by atoms with Gasteiger partial charge in [-0.2, -0.15) is 0 Å². The van der Waals surface area contributed by atoms with Gasteiger partial charge >= 0.3 is 0 Å². The van der Waals surface area contributed by atoms with E-state index in [4.69, 9.17) is 18.0 Å². The van der Waals surface area contributed by atoms with Gasteiger partial charge in [0.05, 0.1) is 24.9 Å². The molecule has 0 N–H and O–H groups in total. The Kier molecular flexibility index (Phi) is 9.59. The zero-order chi connectivity index (χ0) is 27.5. The zero-order valence-corrected chi connectivity index (χ0v) is 27.1. The summed E-state index contributed by atoms with van der Waals surface area (Å²) < 4.78 is 26.4. The fraction of sp³-hybridized carbons (Fsp3) is 0.552. The van der Waals surface area contributed by atoms with Gasteiger partial charge in [0, 0.05) is 6.42 Å². The van der Waals surface area contributed by atoms with E-state index in [2.05, 4.69) is 121 Å². The van der Waals surface area contributed by atoms with Crippen molar-refractivity contribution in [2.24, 2.45) is 0 Å². The first kappa shape index (κ1) is 30.1. The molecule has 0 amide bonds. The highest BCUT2D eigenvalue weighted by atomic mass is 28.4. The van der Waals surface area contributed by atoms with Crippen molar-refractivity contribution in [1.29, 1.82) is 0 Å². The van der Waals surface area contributed by atoms with Crippen LogP contribution >= 0.6 is 0 Å². The smallest absolute Gasteiger partial charge is 0.261 e. The zero-order valence-electron chi connectivity index (χ0n) is 24.1. The number of rotatable bonds is 13. The lowest BCUT2D eigenvalue weighted by Gasteiger charge is -2.45. The van der Waals surface area contributed by atoms with Crippen molar-refractivity contribution in [3.8, 4) is 0 Å². The molecule has 3 rings (SSSR count). The Hall–Kier alpha value is -1.40. The van der Waals surface area contributed by atoms with Crippen molar-refractivity contribution in [1.82, 2.24) is 0 Å². The normalized spacial score (nSPS) is 20.4. The van der Waals surface area contributed by atoms with E-state index < -0.39 is 25.0 Å². The van der Waals surface area contributed by atoms with Gasteiger partial charge in [-0.05, 0) is 54.7 Å². The van der Waals surface area contributed by atoms with Crippen molar-refractivity contribution >= 4 is 41.6 Å². The minimum Gasteiger partial charge on any atom is -0.412 e. The van der Waals surface area contributed by atoms with Crippen LogP contribution in [0.25, 0.3) is 0 Å². The highest BCUT2D eigenvalue weighted by Crippen LogP contribution is 2.38. The van der Waals surface area contributed by atoms with Crippen LogP contribution in [0.3, 0.4) is 0 Å². The highest BCUT2D eigenvalue weighted by molar-refractivity contribution is 6.99. The molecule has 1 aliphatic heterocycles. The van der Waals surface area contributed by atoms with Crippen LogP contribution in [0.1, 0.15) is 27.2 Å². The Bertz CT molecular complexity index is 957. The summed E-state index contributed by atoms with van der Waals surface area (Å²) >= 11 is 0. The molecule has 0 saturated carbocycles. The van der Waals surface area contributed by atoms with E-state index in [1.54, 1.807) is 0 Å². The van der Waals surface area contributed by atoms with Gasteiger partial charge in [-0.3, -0.25) is 0 Å². The molecule has 37 heavy (non-hydrogen) atoms. The van der Waals surface area contributed by atoms with Crippen LogP contribution < -0.4 is 10.4 Å². The summed E-state index contributed by atoms with van der Waals surface area (Å²) in [5, 5.41) is 2.36. The van der Waals surface area contributed by atoms with E-state index in [1.165, 1.54) is 10.4 Å². The third-order valence-corrected chi connectivity index (χ3v) is 13.6. The maximum absolute atomic E-state index is 11.3. The van der Waals surface area contributed by atoms with Crippen LogP contribution in [0.2, 0.25) is 44.3 Å². The predicted octanol–water partition coefficient (Wildman–Crippen LogP) is 5.36. The van der Waals surface area contributed by atoms with E-state index in [-0.39, 0.29) is 29.5 Å². The fourth-order valence-electron chi connectivity index (χ4n) is 5.06. The third-order valence-electron chi connectivity index (χ3n) is 6.53. The number of aldehydes is 1. The first-order chi connectivity index (χ1) is 17.2. The van der Waals surface area contributed by atoms with E-state index in [0.717, 1.165) is 6.29 Å². The molecule has 1 heterocycles. The average Bonchev–Trinajstić information content (AvgIpc) is 3.55. The molecule has 0 aliphatic carbocycles. The molecule has 0 radical (unpaired) electrons. The van der Waals surface area contributed by atoms with Crippen molar-refractivity contribution < 1.29 is 22.8 Å². The largest absolute Gasteiger partial charge is 0.412 e. The molecule has 0 spiro atoms. The molecule has 204 valence electrons. The maximum atomic E-state index is 11.3. The van der Waals surface area contributed by atoms with E-state index in [0.29, 0.717) is 13.0 Å². The van der Waals surface area contributed by atoms with E-state index in [9.17, 15) is 4.79 Å². The monoisotopic (exact) mass is 558 g/mol. The maximum Gasteiger partial charge on any atom is 0.261 e. The second-order valence-corrected chi connectivity index (χ2v) is 26.2. The van der Waals surface area contributed by atoms with E-state index >= 15 is 0 Å². The molecule has 0 unspecified atom stereocenters. The van der Waals surface area contributed by atoms with Gasteiger partial charge in [0.15, 0.2) is 22.9 Å². The molecule has 0 aromatic heterocycles. The minimum atomic E-state index is -2.73. The Balaban J connectivity index is 2.04. The molecule has 1 saturated heterocycles. The molecule has 5 nitrogen and oxygen atoms in total. The number of carbonyl (C=O) groups is 1. The quantitative estimate of drug-likeness (QED) is 0.188. The summed E-state index contributed by atoms with van der Waals surface area (Å²) in [7, 11) is -6.61. The standard InChI is InChI=1S/C29H46O5Si3/c1-29(2,3)37(23-16-12-10-13-17-23,24-18-14-11-15-19-24)31-22-28(34-36(7,8)9)26(33-35(4,5)6)20-25-27(21-30)32-25/h10-19,21,25-28H,20,22H2,1-9H3/t25-,26+,27-,28-/m1/s1. The lowest BCUT2D eigenvalue weighted by Crippen LogP contribution is -2.67.